The maximum Gasteiger partial charge on any atom is 0.233 e. The summed E-state index contributed by atoms with van der Waals surface area (Å²) in [6, 6.07) is 8.36. The fourth-order valence-corrected chi connectivity index (χ4v) is 3.53. The van der Waals surface area contributed by atoms with E-state index in [9.17, 15) is 4.79 Å². The minimum Gasteiger partial charge on any atom is -0.497 e. The van der Waals surface area contributed by atoms with E-state index in [2.05, 4.69) is 16.5 Å². The van der Waals surface area contributed by atoms with Crippen LogP contribution in [0.25, 0.3) is 0 Å². The summed E-state index contributed by atoms with van der Waals surface area (Å²) in [5.41, 5.74) is 2.34. The zero-order valence-electron chi connectivity index (χ0n) is 13.3. The standard InChI is InChI=1S/C18H21N3O2/c1-23-14-7-5-12-6-8-15(16(12)11-14)18(22)20-17-9-10-19-21(17)13-3-2-4-13/h5,7,9-11,13,15H,2-4,6,8H2,1H3,(H,20,22). The number of benzene rings is 1. The van der Waals surface area contributed by atoms with E-state index in [1.54, 1.807) is 13.3 Å². The summed E-state index contributed by atoms with van der Waals surface area (Å²) >= 11 is 0. The van der Waals surface area contributed by atoms with Crippen LogP contribution in [0.3, 0.4) is 0 Å². The highest BCUT2D eigenvalue weighted by molar-refractivity contribution is 5.96. The molecular weight excluding hydrogens is 290 g/mol. The van der Waals surface area contributed by atoms with Gasteiger partial charge in [-0.05, 0) is 55.4 Å². The Morgan fingerprint density at radius 3 is 2.91 bits per heavy atom. The maximum atomic E-state index is 12.8. The molecule has 1 saturated carbocycles. The number of ether oxygens (including phenoxy) is 1. The quantitative estimate of drug-likeness (QED) is 0.942. The maximum absolute atomic E-state index is 12.8. The van der Waals surface area contributed by atoms with Gasteiger partial charge in [0.25, 0.3) is 0 Å². The second-order valence-electron chi connectivity index (χ2n) is 6.39. The molecule has 2 aliphatic rings. The van der Waals surface area contributed by atoms with Crippen LogP contribution in [0.15, 0.2) is 30.5 Å². The minimum atomic E-state index is -0.107. The first-order valence-corrected chi connectivity index (χ1v) is 8.27. The lowest BCUT2D eigenvalue weighted by Crippen LogP contribution is -2.25. The van der Waals surface area contributed by atoms with Crippen molar-refractivity contribution >= 4 is 11.7 Å². The number of nitrogens with zero attached hydrogens (tertiary/aromatic N) is 2. The van der Waals surface area contributed by atoms with Gasteiger partial charge in [0.2, 0.25) is 5.91 Å². The lowest BCUT2D eigenvalue weighted by Gasteiger charge is -2.27. The van der Waals surface area contributed by atoms with E-state index in [0.29, 0.717) is 6.04 Å². The smallest absolute Gasteiger partial charge is 0.233 e. The van der Waals surface area contributed by atoms with E-state index in [0.717, 1.165) is 42.8 Å². The van der Waals surface area contributed by atoms with E-state index in [1.165, 1.54) is 12.0 Å². The third-order valence-electron chi connectivity index (χ3n) is 5.09. The largest absolute Gasteiger partial charge is 0.497 e. The van der Waals surface area contributed by atoms with Crippen molar-refractivity contribution in [2.45, 2.75) is 44.1 Å². The average molecular weight is 311 g/mol. The molecule has 5 nitrogen and oxygen atoms in total. The summed E-state index contributed by atoms with van der Waals surface area (Å²) in [5, 5.41) is 7.45. The Balaban J connectivity index is 1.54. The second kappa shape index (κ2) is 5.72. The van der Waals surface area contributed by atoms with E-state index < -0.39 is 0 Å². The van der Waals surface area contributed by atoms with Crippen LogP contribution in [0, 0.1) is 0 Å². The zero-order chi connectivity index (χ0) is 15.8. The molecule has 23 heavy (non-hydrogen) atoms. The Labute approximate surface area is 135 Å². The van der Waals surface area contributed by atoms with Crippen LogP contribution in [-0.2, 0) is 11.2 Å². The van der Waals surface area contributed by atoms with Crippen molar-refractivity contribution < 1.29 is 9.53 Å². The van der Waals surface area contributed by atoms with Crippen molar-refractivity contribution in [2.75, 3.05) is 12.4 Å². The van der Waals surface area contributed by atoms with Crippen LogP contribution in [0.2, 0.25) is 0 Å². The normalized spacial score (nSPS) is 20.0. The fraction of sp³-hybridized carbons (Fsp3) is 0.444. The molecule has 0 aliphatic heterocycles. The molecule has 4 rings (SSSR count). The number of methoxy groups -OCH3 is 1. The molecule has 1 fully saturated rings. The van der Waals surface area contributed by atoms with Gasteiger partial charge in [-0.25, -0.2) is 4.68 Å². The summed E-state index contributed by atoms with van der Waals surface area (Å²) in [7, 11) is 1.66. The third-order valence-corrected chi connectivity index (χ3v) is 5.09. The number of carbonyl (C=O) groups excluding carboxylic acids is 1. The number of fused-ring (bicyclic) bond motifs is 1. The van der Waals surface area contributed by atoms with Gasteiger partial charge in [-0.2, -0.15) is 5.10 Å². The van der Waals surface area contributed by atoms with Crippen molar-refractivity contribution in [2.24, 2.45) is 0 Å². The molecule has 1 unspecified atom stereocenters. The Morgan fingerprint density at radius 2 is 2.17 bits per heavy atom. The second-order valence-corrected chi connectivity index (χ2v) is 6.39. The van der Waals surface area contributed by atoms with Crippen molar-refractivity contribution in [1.82, 2.24) is 9.78 Å². The first kappa shape index (κ1) is 14.3. The molecular formula is C18H21N3O2. The molecule has 1 heterocycles. The summed E-state index contributed by atoms with van der Waals surface area (Å²) in [5.74, 6) is 1.57. The van der Waals surface area contributed by atoms with Crippen LogP contribution in [0.1, 0.15) is 48.8 Å². The molecule has 2 aromatic rings. The Kier molecular flexibility index (Phi) is 3.56. The van der Waals surface area contributed by atoms with Gasteiger partial charge < -0.3 is 10.1 Å². The predicted molar refractivity (Wildman–Crippen MR) is 87.8 cm³/mol. The number of rotatable bonds is 4. The van der Waals surface area contributed by atoms with Crippen LogP contribution in [0.5, 0.6) is 5.75 Å². The molecule has 0 radical (unpaired) electrons. The van der Waals surface area contributed by atoms with Crippen molar-refractivity contribution in [3.05, 3.63) is 41.6 Å². The van der Waals surface area contributed by atoms with Gasteiger partial charge in [0.15, 0.2) is 0 Å². The molecule has 0 spiro atoms. The summed E-state index contributed by atoms with van der Waals surface area (Å²) in [6.45, 7) is 0. The molecule has 1 aromatic heterocycles. The summed E-state index contributed by atoms with van der Waals surface area (Å²) in [4.78, 5) is 12.8. The molecule has 0 bridgehead atoms. The SMILES string of the molecule is COc1ccc2c(c1)C(C(=O)Nc1ccnn1C1CCC1)CC2. The number of aryl methyl sites for hydroxylation is 1. The van der Waals surface area contributed by atoms with Crippen molar-refractivity contribution in [1.29, 1.82) is 0 Å². The molecule has 1 aromatic carbocycles. The van der Waals surface area contributed by atoms with Crippen LogP contribution in [0.4, 0.5) is 5.82 Å². The van der Waals surface area contributed by atoms with E-state index >= 15 is 0 Å². The number of carbonyl (C=O) groups is 1. The number of nitrogens with one attached hydrogen (secondary N) is 1. The van der Waals surface area contributed by atoms with Gasteiger partial charge in [-0.3, -0.25) is 4.79 Å². The van der Waals surface area contributed by atoms with Crippen molar-refractivity contribution in [3.63, 3.8) is 0 Å². The highest BCUT2D eigenvalue weighted by Gasteiger charge is 2.30. The van der Waals surface area contributed by atoms with Crippen LogP contribution < -0.4 is 10.1 Å². The van der Waals surface area contributed by atoms with E-state index in [4.69, 9.17) is 4.74 Å². The molecule has 1 amide bonds. The van der Waals surface area contributed by atoms with Gasteiger partial charge in [-0.1, -0.05) is 6.07 Å². The topological polar surface area (TPSA) is 56.1 Å². The number of aromatic nitrogens is 2. The zero-order valence-corrected chi connectivity index (χ0v) is 13.3. The molecule has 5 heteroatoms. The fourth-order valence-electron chi connectivity index (χ4n) is 3.53. The molecule has 1 N–H and O–H groups in total. The van der Waals surface area contributed by atoms with Crippen molar-refractivity contribution in [3.8, 4) is 5.75 Å². The third kappa shape index (κ3) is 2.50. The number of hydrogen-bond acceptors (Lipinski definition) is 3. The number of amides is 1. The minimum absolute atomic E-state index is 0.0538. The Bertz CT molecular complexity index is 734. The molecule has 120 valence electrons. The molecule has 0 saturated heterocycles. The number of anilines is 1. The number of hydrogen-bond donors (Lipinski definition) is 1. The van der Waals surface area contributed by atoms with Gasteiger partial charge in [0.05, 0.1) is 25.3 Å². The Hall–Kier alpha value is -2.30. The molecule has 1 atom stereocenters. The summed E-state index contributed by atoms with van der Waals surface area (Å²) < 4.78 is 7.26. The van der Waals surface area contributed by atoms with Gasteiger partial charge in [0, 0.05) is 6.07 Å². The summed E-state index contributed by atoms with van der Waals surface area (Å²) in [6.07, 6.45) is 7.10. The monoisotopic (exact) mass is 311 g/mol. The lowest BCUT2D eigenvalue weighted by atomic mass is 9.93. The van der Waals surface area contributed by atoms with E-state index in [1.807, 2.05) is 22.9 Å². The highest BCUT2D eigenvalue weighted by Crippen LogP contribution is 2.37. The predicted octanol–water partition coefficient (Wildman–Crippen LogP) is 3.29. The van der Waals surface area contributed by atoms with Crippen LogP contribution in [-0.4, -0.2) is 22.8 Å². The van der Waals surface area contributed by atoms with Gasteiger partial charge >= 0.3 is 0 Å². The highest BCUT2D eigenvalue weighted by atomic mass is 16.5. The average Bonchev–Trinajstić information content (AvgIpc) is 3.12. The first-order valence-electron chi connectivity index (χ1n) is 8.27. The van der Waals surface area contributed by atoms with E-state index in [-0.39, 0.29) is 11.8 Å². The Morgan fingerprint density at radius 1 is 1.30 bits per heavy atom. The first-order chi connectivity index (χ1) is 11.3. The van der Waals surface area contributed by atoms with Gasteiger partial charge in [-0.15, -0.1) is 0 Å². The van der Waals surface area contributed by atoms with Crippen LogP contribution >= 0.6 is 0 Å². The molecule has 2 aliphatic carbocycles. The lowest BCUT2D eigenvalue weighted by molar-refractivity contribution is -0.117. The van der Waals surface area contributed by atoms with Gasteiger partial charge in [0.1, 0.15) is 11.6 Å².